The third-order valence-corrected chi connectivity index (χ3v) is 5.63. The van der Waals surface area contributed by atoms with E-state index in [2.05, 4.69) is 15.5 Å². The van der Waals surface area contributed by atoms with E-state index in [0.29, 0.717) is 17.6 Å². The predicted octanol–water partition coefficient (Wildman–Crippen LogP) is 3.96. The van der Waals surface area contributed by atoms with E-state index in [-0.39, 0.29) is 5.82 Å². The van der Waals surface area contributed by atoms with Gasteiger partial charge in [-0.2, -0.15) is 0 Å². The molecule has 0 bridgehead atoms. The fourth-order valence-electron chi connectivity index (χ4n) is 3.35. The Morgan fingerprint density at radius 3 is 3.07 bits per heavy atom. The summed E-state index contributed by atoms with van der Waals surface area (Å²) < 4.78 is 18.6. The van der Waals surface area contributed by atoms with Crippen molar-refractivity contribution in [3.8, 4) is 0 Å². The van der Waals surface area contributed by atoms with E-state index in [9.17, 15) is 4.39 Å². The maximum atomic E-state index is 13.5. The molecule has 5 nitrogen and oxygen atoms in total. The van der Waals surface area contributed by atoms with Crippen molar-refractivity contribution in [3.05, 3.63) is 46.6 Å². The summed E-state index contributed by atoms with van der Waals surface area (Å²) in [6, 6.07) is 8.83. The summed E-state index contributed by atoms with van der Waals surface area (Å²) in [7, 11) is 1.72. The van der Waals surface area contributed by atoms with Gasteiger partial charge in [-0.1, -0.05) is 6.07 Å². The molecule has 3 rings (SSSR count). The second-order valence-electron chi connectivity index (χ2n) is 6.82. The molecular weight excluding hydrogens is 363 g/mol. The van der Waals surface area contributed by atoms with Crippen molar-refractivity contribution in [1.82, 2.24) is 10.2 Å². The summed E-state index contributed by atoms with van der Waals surface area (Å²) in [5.74, 6) is 0.252. The topological polar surface area (TPSA) is 60.4 Å². The number of hydrogen-bond acceptors (Lipinski definition) is 5. The molecule has 2 aromatic rings. The van der Waals surface area contributed by atoms with E-state index >= 15 is 0 Å². The molecule has 0 amide bonds. The van der Waals surface area contributed by atoms with Gasteiger partial charge in [-0.3, -0.25) is 5.41 Å². The lowest BCUT2D eigenvalue weighted by Gasteiger charge is -2.35. The Labute approximate surface area is 164 Å². The Kier molecular flexibility index (Phi) is 6.82. The third-order valence-electron chi connectivity index (χ3n) is 4.67. The molecule has 1 atom stereocenters. The van der Waals surface area contributed by atoms with Crippen LogP contribution in [-0.4, -0.2) is 50.1 Å². The van der Waals surface area contributed by atoms with Gasteiger partial charge in [0.05, 0.1) is 5.56 Å². The molecule has 146 valence electrons. The first-order chi connectivity index (χ1) is 13.1. The van der Waals surface area contributed by atoms with Crippen LogP contribution in [-0.2, 0) is 4.74 Å². The van der Waals surface area contributed by atoms with Crippen molar-refractivity contribution in [1.29, 1.82) is 5.41 Å². The molecule has 0 unspecified atom stereocenters. The van der Waals surface area contributed by atoms with E-state index in [0.717, 1.165) is 54.5 Å². The van der Waals surface area contributed by atoms with E-state index in [4.69, 9.17) is 10.1 Å². The molecule has 1 aliphatic heterocycles. The lowest BCUT2D eigenvalue weighted by Crippen LogP contribution is -2.52. The number of rotatable bonds is 7. The first-order valence-electron chi connectivity index (χ1n) is 9.26. The summed E-state index contributed by atoms with van der Waals surface area (Å²) in [4.78, 5) is 3.26. The average Bonchev–Trinajstić information content (AvgIpc) is 3.02. The van der Waals surface area contributed by atoms with Crippen molar-refractivity contribution < 1.29 is 9.13 Å². The number of piperazine rings is 1. The molecule has 1 aliphatic rings. The smallest absolute Gasteiger partial charge is 0.131 e. The number of benzene rings is 1. The number of ether oxygens (including phenoxy) is 1. The molecule has 3 N–H and O–H groups in total. The van der Waals surface area contributed by atoms with Gasteiger partial charge in [-0.15, -0.1) is 11.3 Å². The van der Waals surface area contributed by atoms with E-state index < -0.39 is 0 Å². The summed E-state index contributed by atoms with van der Waals surface area (Å²) in [5.41, 5.74) is 1.57. The number of nitrogens with one attached hydrogen (secondary N) is 3. The molecule has 0 aliphatic carbocycles. The quantitative estimate of drug-likeness (QED) is 0.380. The normalized spacial score (nSPS) is 17.1. The summed E-state index contributed by atoms with van der Waals surface area (Å²) in [6.07, 6.45) is 2.05. The lowest BCUT2D eigenvalue weighted by atomic mass is 10.1. The van der Waals surface area contributed by atoms with Crippen molar-refractivity contribution in [2.45, 2.75) is 25.8 Å². The van der Waals surface area contributed by atoms with Gasteiger partial charge < -0.3 is 20.3 Å². The molecular formula is C20H27FN4OS. The fraction of sp³-hybridized carbons (Fsp3) is 0.450. The molecule has 2 heterocycles. The molecule has 0 saturated carbocycles. The van der Waals surface area contributed by atoms with Crippen molar-refractivity contribution in [3.63, 3.8) is 0 Å². The number of methoxy groups -OCH3 is 1. The molecule has 1 fully saturated rings. The number of amidine groups is 1. The molecule has 1 aromatic carbocycles. The Hall–Kier alpha value is -1.96. The average molecular weight is 391 g/mol. The zero-order chi connectivity index (χ0) is 19.2. The van der Waals surface area contributed by atoms with Gasteiger partial charge >= 0.3 is 0 Å². The van der Waals surface area contributed by atoms with Gasteiger partial charge in [0.2, 0.25) is 0 Å². The van der Waals surface area contributed by atoms with Gasteiger partial charge in [0, 0.05) is 50.0 Å². The zero-order valence-electron chi connectivity index (χ0n) is 15.8. The van der Waals surface area contributed by atoms with Crippen LogP contribution in [0.4, 0.5) is 15.1 Å². The Balaban J connectivity index is 1.71. The van der Waals surface area contributed by atoms with Crippen LogP contribution in [0.5, 0.6) is 0 Å². The van der Waals surface area contributed by atoms with Crippen LogP contribution in [0.2, 0.25) is 0 Å². The SMILES string of the molecule is COCCC[C@H]1CN(C(=N)c2cc(C)sc2Nc2cccc(F)c2)CCN1. The highest BCUT2D eigenvalue weighted by Gasteiger charge is 2.24. The number of halogens is 1. The number of aryl methyl sites for hydroxylation is 1. The zero-order valence-corrected chi connectivity index (χ0v) is 16.7. The maximum Gasteiger partial charge on any atom is 0.131 e. The van der Waals surface area contributed by atoms with E-state index in [1.807, 2.05) is 19.1 Å². The molecule has 1 saturated heterocycles. The third kappa shape index (κ3) is 5.28. The van der Waals surface area contributed by atoms with Crippen LogP contribution in [0.15, 0.2) is 30.3 Å². The van der Waals surface area contributed by atoms with E-state index in [1.54, 1.807) is 24.5 Å². The second-order valence-corrected chi connectivity index (χ2v) is 8.07. The summed E-state index contributed by atoms with van der Waals surface area (Å²) in [6.45, 7) is 5.30. The van der Waals surface area contributed by atoms with Gasteiger partial charge in [-0.05, 0) is 44.0 Å². The number of nitrogens with zero attached hydrogens (tertiary/aromatic N) is 1. The van der Waals surface area contributed by atoms with Crippen LogP contribution in [0.3, 0.4) is 0 Å². The van der Waals surface area contributed by atoms with Gasteiger partial charge in [0.15, 0.2) is 0 Å². The predicted molar refractivity (Wildman–Crippen MR) is 110 cm³/mol. The van der Waals surface area contributed by atoms with Crippen molar-refractivity contribution >= 4 is 27.9 Å². The number of thiophene rings is 1. The standard InChI is InChI=1S/C20H27FN4OS/c1-14-11-18(20(27-14)24-16-6-3-5-15(21)12-16)19(22)25-9-8-23-17(13-25)7-4-10-26-2/h3,5-6,11-12,17,22-24H,4,7-10,13H2,1-2H3/t17-/m0/s1. The molecule has 0 radical (unpaired) electrons. The van der Waals surface area contributed by atoms with Crippen LogP contribution < -0.4 is 10.6 Å². The first kappa shape index (κ1) is 19.8. The van der Waals surface area contributed by atoms with Crippen LogP contribution >= 0.6 is 11.3 Å². The Bertz CT molecular complexity index is 779. The minimum absolute atomic E-state index is 0.272. The minimum atomic E-state index is -0.272. The monoisotopic (exact) mass is 390 g/mol. The van der Waals surface area contributed by atoms with E-state index in [1.165, 1.54) is 12.1 Å². The second kappa shape index (κ2) is 9.30. The minimum Gasteiger partial charge on any atom is -0.385 e. The van der Waals surface area contributed by atoms with Crippen molar-refractivity contribution in [2.75, 3.05) is 38.7 Å². The molecule has 1 aromatic heterocycles. The lowest BCUT2D eigenvalue weighted by molar-refractivity contribution is 0.182. The first-order valence-corrected chi connectivity index (χ1v) is 10.1. The largest absolute Gasteiger partial charge is 0.385 e. The molecule has 27 heavy (non-hydrogen) atoms. The molecule has 7 heteroatoms. The summed E-state index contributed by atoms with van der Waals surface area (Å²) >= 11 is 1.59. The van der Waals surface area contributed by atoms with Gasteiger partial charge in [-0.25, -0.2) is 4.39 Å². The fourth-order valence-corrected chi connectivity index (χ4v) is 4.28. The highest BCUT2D eigenvalue weighted by molar-refractivity contribution is 7.16. The molecule has 0 spiro atoms. The highest BCUT2D eigenvalue weighted by atomic mass is 32.1. The number of anilines is 2. The highest BCUT2D eigenvalue weighted by Crippen LogP contribution is 2.32. The number of hydrogen-bond donors (Lipinski definition) is 3. The van der Waals surface area contributed by atoms with Crippen LogP contribution in [0.1, 0.15) is 23.3 Å². The summed E-state index contributed by atoms with van der Waals surface area (Å²) in [5, 5.41) is 16.5. The van der Waals surface area contributed by atoms with Gasteiger partial charge in [0.25, 0.3) is 0 Å². The van der Waals surface area contributed by atoms with Crippen molar-refractivity contribution in [2.24, 2.45) is 0 Å². The maximum absolute atomic E-state index is 13.5. The Morgan fingerprint density at radius 1 is 1.44 bits per heavy atom. The van der Waals surface area contributed by atoms with Crippen LogP contribution in [0, 0.1) is 18.2 Å². The van der Waals surface area contributed by atoms with Crippen LogP contribution in [0.25, 0.3) is 0 Å². The van der Waals surface area contributed by atoms with Gasteiger partial charge in [0.1, 0.15) is 16.7 Å². The Morgan fingerprint density at radius 2 is 2.30 bits per heavy atom.